The van der Waals surface area contributed by atoms with Crippen molar-refractivity contribution in [1.29, 1.82) is 0 Å². The Bertz CT molecular complexity index is 947. The second-order valence-electron chi connectivity index (χ2n) is 6.98. The quantitative estimate of drug-likeness (QED) is 0.241. The highest BCUT2D eigenvalue weighted by atomic mass is 35.5. The van der Waals surface area contributed by atoms with E-state index < -0.39 is 11.9 Å². The van der Waals surface area contributed by atoms with E-state index in [9.17, 15) is 14.7 Å². The minimum absolute atomic E-state index is 0.00660. The van der Waals surface area contributed by atoms with Gasteiger partial charge in [0.2, 0.25) is 11.8 Å². The molecular weight excluding hydrogens is 441 g/mol. The lowest BCUT2D eigenvalue weighted by molar-refractivity contribution is -0.139. The predicted octanol–water partition coefficient (Wildman–Crippen LogP) is 2.18. The number of amides is 2. The molecule has 0 heterocycles. The Morgan fingerprint density at radius 2 is 1.65 bits per heavy atom. The monoisotopic (exact) mass is 465 g/mol. The van der Waals surface area contributed by atoms with Crippen molar-refractivity contribution < 1.29 is 14.7 Å². The van der Waals surface area contributed by atoms with Gasteiger partial charge in [-0.15, -0.1) is 0 Å². The SMILES string of the molecule is NC(=O)[C@@H](CCCN=C(N)N)N(Cc1ccc(O)cc1)C(=O)Cc1ccc(Cl)c(Cl)c1. The van der Waals surface area contributed by atoms with Gasteiger partial charge in [0, 0.05) is 13.1 Å². The van der Waals surface area contributed by atoms with Crippen molar-refractivity contribution in [3.8, 4) is 5.75 Å². The van der Waals surface area contributed by atoms with Crippen LogP contribution in [0.3, 0.4) is 0 Å². The Morgan fingerprint density at radius 1 is 1.00 bits per heavy atom. The Labute approximate surface area is 190 Å². The molecule has 10 heteroatoms. The number of hydrogen-bond donors (Lipinski definition) is 4. The maximum Gasteiger partial charge on any atom is 0.240 e. The average molecular weight is 466 g/mol. The van der Waals surface area contributed by atoms with Gasteiger partial charge in [0.1, 0.15) is 11.8 Å². The van der Waals surface area contributed by atoms with Crippen LogP contribution in [0.25, 0.3) is 0 Å². The third-order valence-corrected chi connectivity index (χ3v) is 5.32. The largest absolute Gasteiger partial charge is 0.508 e. The van der Waals surface area contributed by atoms with E-state index in [1.807, 2.05) is 0 Å². The van der Waals surface area contributed by atoms with Crippen LogP contribution in [0.15, 0.2) is 47.5 Å². The van der Waals surface area contributed by atoms with Crippen molar-refractivity contribution in [2.24, 2.45) is 22.2 Å². The van der Waals surface area contributed by atoms with Crippen LogP contribution in [-0.2, 0) is 22.6 Å². The number of halogens is 2. The first-order valence-electron chi connectivity index (χ1n) is 9.53. The first kappa shape index (κ1) is 24.3. The van der Waals surface area contributed by atoms with Gasteiger partial charge in [0.25, 0.3) is 0 Å². The van der Waals surface area contributed by atoms with Crippen molar-refractivity contribution in [2.75, 3.05) is 6.54 Å². The molecule has 0 spiro atoms. The molecule has 0 saturated heterocycles. The van der Waals surface area contributed by atoms with Crippen LogP contribution < -0.4 is 17.2 Å². The Balaban J connectivity index is 2.26. The van der Waals surface area contributed by atoms with Crippen molar-refractivity contribution in [3.05, 3.63) is 63.6 Å². The Hall–Kier alpha value is -2.97. The van der Waals surface area contributed by atoms with E-state index in [1.165, 1.54) is 17.0 Å². The summed E-state index contributed by atoms with van der Waals surface area (Å²) in [4.78, 5) is 30.8. The first-order chi connectivity index (χ1) is 14.7. The van der Waals surface area contributed by atoms with Gasteiger partial charge < -0.3 is 27.2 Å². The molecule has 2 aromatic carbocycles. The van der Waals surface area contributed by atoms with Crippen molar-refractivity contribution in [2.45, 2.75) is 31.8 Å². The fraction of sp³-hybridized carbons (Fsp3) is 0.286. The topological polar surface area (TPSA) is 148 Å². The van der Waals surface area contributed by atoms with E-state index in [0.717, 1.165) is 5.56 Å². The van der Waals surface area contributed by atoms with Gasteiger partial charge in [-0.25, -0.2) is 0 Å². The number of carbonyl (C=O) groups excluding carboxylic acids is 2. The number of nitrogens with two attached hydrogens (primary N) is 3. The minimum Gasteiger partial charge on any atom is -0.508 e. The Morgan fingerprint density at radius 3 is 2.23 bits per heavy atom. The molecule has 0 saturated carbocycles. The number of aromatic hydroxyl groups is 1. The van der Waals surface area contributed by atoms with Crippen LogP contribution >= 0.6 is 23.2 Å². The van der Waals surface area contributed by atoms with Gasteiger partial charge in [0.05, 0.1) is 16.5 Å². The number of benzene rings is 2. The lowest BCUT2D eigenvalue weighted by Crippen LogP contribution is -2.48. The van der Waals surface area contributed by atoms with Crippen LogP contribution in [-0.4, -0.2) is 40.4 Å². The van der Waals surface area contributed by atoms with Crippen molar-refractivity contribution in [1.82, 2.24) is 4.90 Å². The third kappa shape index (κ3) is 7.66. The van der Waals surface area contributed by atoms with E-state index in [0.29, 0.717) is 28.6 Å². The smallest absolute Gasteiger partial charge is 0.240 e. The minimum atomic E-state index is -0.863. The third-order valence-electron chi connectivity index (χ3n) is 4.58. The molecule has 8 nitrogen and oxygen atoms in total. The normalized spacial score (nSPS) is 11.5. The zero-order valence-electron chi connectivity index (χ0n) is 16.8. The van der Waals surface area contributed by atoms with E-state index >= 15 is 0 Å². The summed E-state index contributed by atoms with van der Waals surface area (Å²) in [6, 6.07) is 10.4. The number of nitrogens with zero attached hydrogens (tertiary/aromatic N) is 2. The maximum atomic E-state index is 13.2. The van der Waals surface area contributed by atoms with E-state index in [1.54, 1.807) is 30.3 Å². The number of aliphatic imine (C=N–C) groups is 1. The van der Waals surface area contributed by atoms with Gasteiger partial charge >= 0.3 is 0 Å². The molecular formula is C21H25Cl2N5O3. The van der Waals surface area contributed by atoms with Gasteiger partial charge in [-0.05, 0) is 48.2 Å². The summed E-state index contributed by atoms with van der Waals surface area (Å²) in [5.74, 6) is -0.892. The second kappa shape index (κ2) is 11.4. The first-order valence-corrected chi connectivity index (χ1v) is 10.3. The van der Waals surface area contributed by atoms with Crippen molar-refractivity contribution in [3.63, 3.8) is 0 Å². The van der Waals surface area contributed by atoms with Gasteiger partial charge in [-0.2, -0.15) is 0 Å². The number of hydrogen-bond acceptors (Lipinski definition) is 4. The molecule has 31 heavy (non-hydrogen) atoms. The van der Waals surface area contributed by atoms with Crippen LogP contribution in [0.5, 0.6) is 5.75 Å². The number of phenols is 1. The molecule has 2 rings (SSSR count). The van der Waals surface area contributed by atoms with Crippen LogP contribution in [0.1, 0.15) is 24.0 Å². The lowest BCUT2D eigenvalue weighted by atomic mass is 10.0. The molecule has 166 valence electrons. The number of rotatable bonds is 10. The zero-order chi connectivity index (χ0) is 23.0. The Kier molecular flexibility index (Phi) is 8.96. The predicted molar refractivity (Wildman–Crippen MR) is 122 cm³/mol. The summed E-state index contributed by atoms with van der Waals surface area (Å²) in [6.45, 7) is 0.441. The summed E-state index contributed by atoms with van der Waals surface area (Å²) >= 11 is 12.0. The highest BCUT2D eigenvalue weighted by Crippen LogP contribution is 2.24. The molecule has 1 atom stereocenters. The highest BCUT2D eigenvalue weighted by molar-refractivity contribution is 6.42. The summed E-state index contributed by atoms with van der Waals surface area (Å²) in [5, 5.41) is 10.2. The molecule has 0 radical (unpaired) electrons. The van der Waals surface area contributed by atoms with E-state index in [-0.39, 0.29) is 37.0 Å². The van der Waals surface area contributed by atoms with Gasteiger partial charge in [0.15, 0.2) is 5.96 Å². The lowest BCUT2D eigenvalue weighted by Gasteiger charge is -2.30. The number of primary amides is 1. The second-order valence-corrected chi connectivity index (χ2v) is 7.79. The van der Waals surface area contributed by atoms with E-state index in [2.05, 4.69) is 4.99 Å². The van der Waals surface area contributed by atoms with Crippen molar-refractivity contribution >= 4 is 41.0 Å². The molecule has 0 aliphatic heterocycles. The maximum absolute atomic E-state index is 13.2. The zero-order valence-corrected chi connectivity index (χ0v) is 18.3. The molecule has 2 aromatic rings. The molecule has 0 bridgehead atoms. The number of phenolic OH excluding ortho intramolecular Hbond substituents is 1. The fourth-order valence-corrected chi connectivity index (χ4v) is 3.36. The molecule has 2 amide bonds. The highest BCUT2D eigenvalue weighted by Gasteiger charge is 2.28. The average Bonchev–Trinajstić information content (AvgIpc) is 2.70. The summed E-state index contributed by atoms with van der Waals surface area (Å²) in [7, 11) is 0. The number of guanidine groups is 1. The molecule has 0 aromatic heterocycles. The molecule has 0 aliphatic rings. The summed E-state index contributed by atoms with van der Waals surface area (Å²) in [6.07, 6.45) is 0.752. The molecule has 7 N–H and O–H groups in total. The van der Waals surface area contributed by atoms with Gasteiger partial charge in [-0.3, -0.25) is 14.6 Å². The molecule has 0 fully saturated rings. The molecule has 0 unspecified atom stereocenters. The summed E-state index contributed by atoms with van der Waals surface area (Å²) < 4.78 is 0. The van der Waals surface area contributed by atoms with Gasteiger partial charge in [-0.1, -0.05) is 41.4 Å². The number of carbonyl (C=O) groups is 2. The standard InChI is InChI=1S/C21H25Cl2N5O3/c22-16-8-5-14(10-17(16)23)11-19(30)28(12-13-3-6-15(29)7-4-13)18(20(24)31)2-1-9-27-21(25)26/h3-8,10,18,29H,1-2,9,11-12H2,(H2,24,31)(H4,25,26,27)/t18-/m1/s1. The van der Waals surface area contributed by atoms with Crippen LogP contribution in [0, 0.1) is 0 Å². The van der Waals surface area contributed by atoms with E-state index in [4.69, 9.17) is 40.4 Å². The molecule has 0 aliphatic carbocycles. The van der Waals surface area contributed by atoms with Crippen LogP contribution in [0.2, 0.25) is 10.0 Å². The van der Waals surface area contributed by atoms with Crippen LogP contribution in [0.4, 0.5) is 0 Å². The summed E-state index contributed by atoms with van der Waals surface area (Å²) in [5.41, 5.74) is 17.7. The fourth-order valence-electron chi connectivity index (χ4n) is 3.04.